The van der Waals surface area contributed by atoms with Crippen molar-refractivity contribution in [2.24, 2.45) is 0 Å². The normalized spacial score (nSPS) is 15.3. The van der Waals surface area contributed by atoms with Gasteiger partial charge in [0.15, 0.2) is 0 Å². The van der Waals surface area contributed by atoms with Crippen LogP contribution in [-0.4, -0.2) is 5.92 Å². The van der Waals surface area contributed by atoms with E-state index in [0.717, 1.165) is 38.5 Å². The Morgan fingerprint density at radius 2 is 0.543 bits per heavy atom. The van der Waals surface area contributed by atoms with Crippen molar-refractivity contribution in [2.45, 2.75) is 98.4 Å². The Morgan fingerprint density at radius 1 is 0.304 bits per heavy atom. The first-order valence-corrected chi connectivity index (χ1v) is 50.4. The molecule has 0 N–H and O–H groups in total. The van der Waals surface area contributed by atoms with Crippen LogP contribution in [0.5, 0.6) is 0 Å². The molecule has 0 radical (unpaired) electrons. The zero-order chi connectivity index (χ0) is 62.3. The summed E-state index contributed by atoms with van der Waals surface area (Å²) in [7, 11) is 20.4. The molecule has 16 rings (SSSR count). The van der Waals surface area contributed by atoms with E-state index in [2.05, 4.69) is 282 Å². The van der Waals surface area contributed by atoms with Gasteiger partial charge < -0.3 is 0 Å². The van der Waals surface area contributed by atoms with Crippen LogP contribution in [0.4, 0.5) is 0 Å². The van der Waals surface area contributed by atoms with Gasteiger partial charge in [0.1, 0.15) is 0 Å². The third kappa shape index (κ3) is 9.58. The molecule has 2 unspecified atom stereocenters. The molecule has 451 valence electrons. The van der Waals surface area contributed by atoms with Crippen molar-refractivity contribution in [3.05, 3.63) is 276 Å². The van der Waals surface area contributed by atoms with Crippen molar-refractivity contribution in [3.63, 3.8) is 0 Å². The zero-order valence-electron chi connectivity index (χ0n) is 53.3. The molecule has 0 fully saturated rings. The zero-order valence-corrected chi connectivity index (χ0v) is 58.4. The fraction of sp³-hybridized carbons (Fsp3) is 0.182. The number of fused-ring (bicyclic) bond motifs is 10. The van der Waals surface area contributed by atoms with Gasteiger partial charge in [-0.15, -0.1) is 0 Å². The topological polar surface area (TPSA) is 0 Å². The molecule has 0 saturated carbocycles. The Balaban J connectivity index is 1.08. The van der Waals surface area contributed by atoms with Crippen LogP contribution < -0.4 is 0 Å². The van der Waals surface area contributed by atoms with Crippen molar-refractivity contribution in [2.75, 3.05) is 0 Å². The summed E-state index contributed by atoms with van der Waals surface area (Å²) in [5, 5.41) is 20.0. The van der Waals surface area contributed by atoms with E-state index >= 15 is 0 Å². The number of hydrogen-bond donors (Lipinski definition) is 0. The minimum atomic E-state index is -5.94. The molecule has 0 spiro atoms. The molecule has 0 amide bonds. The molecule has 2 aliphatic carbocycles. The molecule has 0 heterocycles. The second-order valence-electron chi connectivity index (χ2n) is 27.1. The summed E-state index contributed by atoms with van der Waals surface area (Å²) in [6, 6.07) is 92.4. The Bertz CT molecular complexity index is 4830. The molecule has 0 bridgehead atoms. The van der Waals surface area contributed by atoms with E-state index in [0.29, 0.717) is 0 Å². The van der Waals surface area contributed by atoms with Crippen LogP contribution in [0.1, 0.15) is 108 Å². The quantitative estimate of drug-likeness (QED) is 0.0484. The summed E-state index contributed by atoms with van der Waals surface area (Å²) >= 11 is -5.94. The Labute approximate surface area is 551 Å². The van der Waals surface area contributed by atoms with Crippen LogP contribution in [-0.2, 0) is 15.6 Å². The van der Waals surface area contributed by atoms with Crippen LogP contribution >= 0.6 is 17.0 Å². The number of allylic oxidation sites excluding steroid dienone is 2. The molecule has 14 aromatic rings. The van der Waals surface area contributed by atoms with E-state index in [1.54, 1.807) is 0 Å². The van der Waals surface area contributed by atoms with Crippen LogP contribution in [0.15, 0.2) is 254 Å². The predicted molar refractivity (Wildman–Crippen MR) is 404 cm³/mol. The van der Waals surface area contributed by atoms with Gasteiger partial charge in [-0.05, 0) is 0 Å². The van der Waals surface area contributed by atoms with Crippen LogP contribution in [0.3, 0.4) is 0 Å². The van der Waals surface area contributed by atoms with Gasteiger partial charge in [0, 0.05) is 0 Å². The molecule has 4 heteroatoms. The van der Waals surface area contributed by atoms with Crippen LogP contribution in [0.25, 0.3) is 143 Å². The van der Waals surface area contributed by atoms with E-state index < -0.39 is 21.5 Å². The third-order valence-electron chi connectivity index (χ3n) is 21.6. The Morgan fingerprint density at radius 3 is 0.793 bits per heavy atom. The molecule has 0 aliphatic heterocycles. The first-order chi connectivity index (χ1) is 45.1. The van der Waals surface area contributed by atoms with E-state index in [1.807, 2.05) is 0 Å². The predicted octanol–water partition coefficient (Wildman–Crippen LogP) is 27.1. The van der Waals surface area contributed by atoms with Crippen molar-refractivity contribution in [1.82, 2.24) is 0 Å². The number of rotatable bonds is 17. The monoisotopic (exact) mass is 1320 g/mol. The van der Waals surface area contributed by atoms with Crippen molar-refractivity contribution >= 4 is 121 Å². The van der Waals surface area contributed by atoms with Crippen molar-refractivity contribution in [3.8, 4) is 44.5 Å². The van der Waals surface area contributed by atoms with Gasteiger partial charge >= 0.3 is 556 Å². The number of benzene rings is 14. The second-order valence-corrected chi connectivity index (χ2v) is 69.6. The maximum atomic E-state index is 10.2. The Hall–Kier alpha value is -7.68. The van der Waals surface area contributed by atoms with Crippen molar-refractivity contribution < 1.29 is 15.6 Å². The molecule has 14 aromatic carbocycles. The molecule has 92 heavy (non-hydrogen) atoms. The number of halogens is 2. The molecule has 2 atom stereocenters. The standard InChI is InChI=1S/2C43H35.C2H7Si.2ClH.Zr/c2*1-2-3-4-5-14-29-25-40-38(42-34-19-10-6-15-30(34)27-31-16-7-11-20-35(31)42)23-24-39(41(40)26-29)43-36-21-12-8-17-32(36)28-33-18-9-13-22-37(33)43;1-3-2;;;/h2*6-13,15-28H,2-5,14H2,1H3;3H,1-2H3;2*1H;/q;;;;;+2/p-2. The first-order valence-electron chi connectivity index (χ1n) is 34.1. The van der Waals surface area contributed by atoms with Gasteiger partial charge in [-0.2, -0.15) is 0 Å². The van der Waals surface area contributed by atoms with E-state index in [4.69, 9.17) is 0 Å². The van der Waals surface area contributed by atoms with Gasteiger partial charge in [0.25, 0.3) is 0 Å². The van der Waals surface area contributed by atoms with Gasteiger partial charge in [-0.1, -0.05) is 0 Å². The molecular weight excluding hydrogens is 1250 g/mol. The van der Waals surface area contributed by atoms with Crippen molar-refractivity contribution in [1.29, 1.82) is 0 Å². The summed E-state index contributed by atoms with van der Waals surface area (Å²) in [6.45, 7) is 9.86. The van der Waals surface area contributed by atoms with Crippen LogP contribution in [0, 0.1) is 0 Å². The minimum absolute atomic E-state index is 0.203. The molecule has 0 nitrogen and oxygen atoms in total. The maximum absolute atomic E-state index is 10.2. The van der Waals surface area contributed by atoms with Gasteiger partial charge in [-0.3, -0.25) is 0 Å². The fourth-order valence-electron chi connectivity index (χ4n) is 17.2. The van der Waals surface area contributed by atoms with Gasteiger partial charge in [0.05, 0.1) is 0 Å². The fourth-order valence-corrected chi connectivity index (χ4v) is 48.5. The van der Waals surface area contributed by atoms with Gasteiger partial charge in [-0.25, -0.2) is 0 Å². The second kappa shape index (κ2) is 24.0. The number of unbranched alkanes of at least 4 members (excludes halogenated alkanes) is 6. The third-order valence-corrected chi connectivity index (χ3v) is 73.3. The summed E-state index contributed by atoms with van der Waals surface area (Å²) in [5.41, 5.74) is 18.4. The van der Waals surface area contributed by atoms with E-state index in [-0.39, 0.29) is 7.25 Å². The molecule has 2 aliphatic rings. The average Bonchev–Trinajstić information content (AvgIpc) is 1.45. The molecule has 0 saturated heterocycles. The van der Waals surface area contributed by atoms with Gasteiger partial charge in [0.2, 0.25) is 0 Å². The molecular formula is C88H77Cl2SiZr. The SMILES string of the molecule is CCCCCCC1=Cc2c(-c3c4ccccc4cc4ccccc34)ccc(-c3c4ccccc4cc4ccccc34)c2[CH]1[Zr]([Cl])([Cl])([CH]1C(CCCCCC)=Cc2c(-c3c4ccccc4cc4ccccc34)ccc(-c3c4ccccc4cc4ccccc34)c21)[SiH](C)C. The van der Waals surface area contributed by atoms with E-state index in [9.17, 15) is 17.0 Å². The summed E-state index contributed by atoms with van der Waals surface area (Å²) in [6.07, 6.45) is 16.4. The average molecular weight is 1320 g/mol. The van der Waals surface area contributed by atoms with Crippen LogP contribution in [0.2, 0.25) is 13.1 Å². The summed E-state index contributed by atoms with van der Waals surface area (Å²) < 4.78 is -0.405. The summed E-state index contributed by atoms with van der Waals surface area (Å²) in [5.74, 6) is -2.22. The molecule has 0 aromatic heterocycles. The number of hydrogen-bond acceptors (Lipinski definition) is 0. The van der Waals surface area contributed by atoms with E-state index in [1.165, 1.54) is 190 Å². The Kier molecular flexibility index (Phi) is 15.5. The summed E-state index contributed by atoms with van der Waals surface area (Å²) in [4.78, 5) is 0. The first kappa shape index (κ1) is 59.3.